The van der Waals surface area contributed by atoms with Crippen LogP contribution in [0.1, 0.15) is 27.8 Å². The topological polar surface area (TPSA) is 87.2 Å². The van der Waals surface area contributed by atoms with Gasteiger partial charge in [-0.1, -0.05) is 42.5 Å². The third-order valence-corrected chi connectivity index (χ3v) is 3.77. The SMILES string of the molecule is O=C(N[C@H](CO)c1ccccc1)c1cc(COc2ccccc2F)[nH]n1. The average molecular weight is 355 g/mol. The highest BCUT2D eigenvalue weighted by atomic mass is 19.1. The van der Waals surface area contributed by atoms with E-state index in [1.165, 1.54) is 18.2 Å². The van der Waals surface area contributed by atoms with E-state index < -0.39 is 17.8 Å². The highest BCUT2D eigenvalue weighted by Crippen LogP contribution is 2.17. The monoisotopic (exact) mass is 355 g/mol. The molecule has 1 aromatic heterocycles. The zero-order chi connectivity index (χ0) is 18.4. The van der Waals surface area contributed by atoms with Gasteiger partial charge in [-0.05, 0) is 23.8 Å². The first kappa shape index (κ1) is 17.6. The molecule has 1 atom stereocenters. The van der Waals surface area contributed by atoms with Crippen molar-refractivity contribution in [2.24, 2.45) is 0 Å². The van der Waals surface area contributed by atoms with Gasteiger partial charge in [-0.3, -0.25) is 9.89 Å². The van der Waals surface area contributed by atoms with Crippen LogP contribution in [0.3, 0.4) is 0 Å². The number of aromatic amines is 1. The Morgan fingerprint density at radius 1 is 1.19 bits per heavy atom. The van der Waals surface area contributed by atoms with Gasteiger partial charge in [-0.15, -0.1) is 0 Å². The predicted octanol–water partition coefficient (Wildman–Crippen LogP) is 2.59. The van der Waals surface area contributed by atoms with Crippen LogP contribution in [-0.4, -0.2) is 27.8 Å². The summed E-state index contributed by atoms with van der Waals surface area (Å²) in [5.74, 6) is -0.766. The zero-order valence-corrected chi connectivity index (χ0v) is 13.9. The highest BCUT2D eigenvalue weighted by molar-refractivity contribution is 5.92. The Kier molecular flexibility index (Phi) is 5.60. The van der Waals surface area contributed by atoms with E-state index in [1.807, 2.05) is 30.3 Å². The fourth-order valence-corrected chi connectivity index (χ4v) is 2.42. The molecule has 0 unspecified atom stereocenters. The van der Waals surface area contributed by atoms with Crippen LogP contribution in [0.4, 0.5) is 4.39 Å². The highest BCUT2D eigenvalue weighted by Gasteiger charge is 2.17. The molecule has 0 aliphatic carbocycles. The van der Waals surface area contributed by atoms with Gasteiger partial charge in [0.25, 0.3) is 5.91 Å². The van der Waals surface area contributed by atoms with Crippen LogP contribution in [0.5, 0.6) is 5.75 Å². The van der Waals surface area contributed by atoms with E-state index in [2.05, 4.69) is 15.5 Å². The standard InChI is InChI=1S/C19H18FN3O3/c20-15-8-4-5-9-18(15)26-12-14-10-16(23-22-14)19(25)21-17(11-24)13-6-2-1-3-7-13/h1-10,17,24H,11-12H2,(H,21,25)(H,22,23)/t17-/m1/s1. The van der Waals surface area contributed by atoms with Crippen LogP contribution in [0.2, 0.25) is 0 Å². The average Bonchev–Trinajstić information content (AvgIpc) is 3.15. The number of carbonyl (C=O) groups is 1. The Labute approximate surface area is 149 Å². The number of aliphatic hydroxyl groups excluding tert-OH is 1. The van der Waals surface area contributed by atoms with Gasteiger partial charge >= 0.3 is 0 Å². The van der Waals surface area contributed by atoms with Crippen LogP contribution >= 0.6 is 0 Å². The van der Waals surface area contributed by atoms with E-state index in [1.54, 1.807) is 12.1 Å². The summed E-state index contributed by atoms with van der Waals surface area (Å²) in [4.78, 5) is 12.3. The fraction of sp³-hybridized carbons (Fsp3) is 0.158. The molecule has 0 aliphatic heterocycles. The Hall–Kier alpha value is -3.19. The number of ether oxygens (including phenoxy) is 1. The molecule has 134 valence electrons. The number of benzene rings is 2. The number of para-hydroxylation sites is 1. The van der Waals surface area contributed by atoms with Crippen molar-refractivity contribution in [2.75, 3.05) is 6.61 Å². The first-order chi connectivity index (χ1) is 12.7. The number of amides is 1. The summed E-state index contributed by atoms with van der Waals surface area (Å²) in [6.45, 7) is -0.188. The van der Waals surface area contributed by atoms with Crippen LogP contribution in [-0.2, 0) is 6.61 Å². The number of hydrogen-bond donors (Lipinski definition) is 3. The lowest BCUT2D eigenvalue weighted by molar-refractivity contribution is 0.0911. The third kappa shape index (κ3) is 4.25. The van der Waals surface area contributed by atoms with E-state index >= 15 is 0 Å². The van der Waals surface area contributed by atoms with Crippen molar-refractivity contribution in [3.8, 4) is 5.75 Å². The smallest absolute Gasteiger partial charge is 0.272 e. The summed E-state index contributed by atoms with van der Waals surface area (Å²) in [6.07, 6.45) is 0. The van der Waals surface area contributed by atoms with Crippen molar-refractivity contribution in [2.45, 2.75) is 12.6 Å². The van der Waals surface area contributed by atoms with Gasteiger partial charge in [-0.25, -0.2) is 4.39 Å². The molecule has 2 aromatic carbocycles. The van der Waals surface area contributed by atoms with E-state index in [4.69, 9.17) is 4.74 Å². The van der Waals surface area contributed by atoms with Gasteiger partial charge < -0.3 is 15.2 Å². The molecule has 3 rings (SSSR count). The van der Waals surface area contributed by atoms with Crippen molar-refractivity contribution in [1.82, 2.24) is 15.5 Å². The van der Waals surface area contributed by atoms with Crippen molar-refractivity contribution in [1.29, 1.82) is 0 Å². The summed E-state index contributed by atoms with van der Waals surface area (Å²) in [5, 5.41) is 18.9. The van der Waals surface area contributed by atoms with E-state index in [-0.39, 0.29) is 24.7 Å². The van der Waals surface area contributed by atoms with Crippen LogP contribution in [0, 0.1) is 5.82 Å². The lowest BCUT2D eigenvalue weighted by atomic mass is 10.1. The summed E-state index contributed by atoms with van der Waals surface area (Å²) < 4.78 is 18.9. The molecule has 0 aliphatic rings. The molecule has 0 spiro atoms. The van der Waals surface area contributed by atoms with Crippen LogP contribution in [0.15, 0.2) is 60.7 Å². The summed E-state index contributed by atoms with van der Waals surface area (Å²) >= 11 is 0. The maximum atomic E-state index is 13.5. The van der Waals surface area contributed by atoms with Crippen LogP contribution in [0.25, 0.3) is 0 Å². The number of aromatic nitrogens is 2. The Morgan fingerprint density at radius 2 is 1.92 bits per heavy atom. The zero-order valence-electron chi connectivity index (χ0n) is 13.9. The lowest BCUT2D eigenvalue weighted by Gasteiger charge is -2.15. The molecular formula is C19H18FN3O3. The first-order valence-corrected chi connectivity index (χ1v) is 8.05. The second kappa shape index (κ2) is 8.26. The quantitative estimate of drug-likeness (QED) is 0.608. The van der Waals surface area contributed by atoms with E-state index in [0.29, 0.717) is 5.69 Å². The second-order valence-electron chi connectivity index (χ2n) is 5.62. The fourth-order valence-electron chi connectivity index (χ4n) is 2.42. The van der Waals surface area contributed by atoms with Gasteiger partial charge in [0.1, 0.15) is 12.3 Å². The van der Waals surface area contributed by atoms with Crippen molar-refractivity contribution in [3.05, 3.63) is 83.4 Å². The molecular weight excluding hydrogens is 337 g/mol. The number of hydrogen-bond acceptors (Lipinski definition) is 4. The van der Waals surface area contributed by atoms with Crippen molar-refractivity contribution < 1.29 is 19.0 Å². The number of nitrogens with zero attached hydrogens (tertiary/aromatic N) is 1. The number of aliphatic hydroxyl groups is 1. The molecule has 3 aromatic rings. The van der Waals surface area contributed by atoms with E-state index in [0.717, 1.165) is 5.56 Å². The number of halogens is 1. The molecule has 0 radical (unpaired) electrons. The molecule has 0 fully saturated rings. The normalized spacial score (nSPS) is 11.8. The molecule has 0 saturated heterocycles. The summed E-state index contributed by atoms with van der Waals surface area (Å²) in [5.41, 5.74) is 1.48. The minimum Gasteiger partial charge on any atom is -0.484 e. The number of carbonyl (C=O) groups excluding carboxylic acids is 1. The molecule has 1 heterocycles. The van der Waals surface area contributed by atoms with Gasteiger partial charge in [0.05, 0.1) is 18.3 Å². The van der Waals surface area contributed by atoms with Crippen LogP contribution < -0.4 is 10.1 Å². The van der Waals surface area contributed by atoms with Gasteiger partial charge in [0, 0.05) is 0 Å². The molecule has 6 nitrogen and oxygen atoms in total. The van der Waals surface area contributed by atoms with Gasteiger partial charge in [0.15, 0.2) is 11.6 Å². The Balaban J connectivity index is 1.61. The molecule has 7 heteroatoms. The number of rotatable bonds is 7. The van der Waals surface area contributed by atoms with Crippen molar-refractivity contribution >= 4 is 5.91 Å². The maximum Gasteiger partial charge on any atom is 0.272 e. The molecule has 3 N–H and O–H groups in total. The lowest BCUT2D eigenvalue weighted by Crippen LogP contribution is -2.31. The maximum absolute atomic E-state index is 13.5. The van der Waals surface area contributed by atoms with E-state index in [9.17, 15) is 14.3 Å². The number of nitrogens with one attached hydrogen (secondary N) is 2. The minimum absolute atomic E-state index is 0.0450. The largest absolute Gasteiger partial charge is 0.484 e. The first-order valence-electron chi connectivity index (χ1n) is 8.05. The molecule has 26 heavy (non-hydrogen) atoms. The Bertz CT molecular complexity index is 867. The molecule has 1 amide bonds. The molecule has 0 bridgehead atoms. The predicted molar refractivity (Wildman–Crippen MR) is 93.1 cm³/mol. The second-order valence-corrected chi connectivity index (χ2v) is 5.62. The van der Waals surface area contributed by atoms with Gasteiger partial charge in [0.2, 0.25) is 0 Å². The summed E-state index contributed by atoms with van der Waals surface area (Å²) in [6, 6.07) is 16.2. The third-order valence-electron chi connectivity index (χ3n) is 3.77. The minimum atomic E-state index is -0.529. The van der Waals surface area contributed by atoms with Crippen molar-refractivity contribution in [3.63, 3.8) is 0 Å². The molecule has 0 saturated carbocycles. The van der Waals surface area contributed by atoms with Gasteiger partial charge in [-0.2, -0.15) is 5.10 Å². The Morgan fingerprint density at radius 3 is 2.65 bits per heavy atom. The summed E-state index contributed by atoms with van der Waals surface area (Å²) in [7, 11) is 0. The number of H-pyrrole nitrogens is 1.